The summed E-state index contributed by atoms with van der Waals surface area (Å²) in [6.07, 6.45) is 1.82. The lowest BCUT2D eigenvalue weighted by molar-refractivity contribution is 0.242. The molecule has 0 aliphatic rings. The number of rotatable bonds is 4. The summed E-state index contributed by atoms with van der Waals surface area (Å²) in [5.74, 6) is 1.57. The van der Waals surface area contributed by atoms with Crippen LogP contribution in [0.2, 0.25) is 0 Å². The fourth-order valence-electron chi connectivity index (χ4n) is 1.60. The van der Waals surface area contributed by atoms with Crippen molar-refractivity contribution in [2.24, 2.45) is 5.73 Å². The second kappa shape index (κ2) is 5.01. The molecular formula is C13H16N2O2. The molecule has 0 saturated carbocycles. The SMILES string of the molecule is CC(C)Oc1ccc(-c2oncc2CN)cc1. The molecule has 1 aromatic carbocycles. The second-order valence-electron chi connectivity index (χ2n) is 4.08. The van der Waals surface area contributed by atoms with Gasteiger partial charge in [0.25, 0.3) is 0 Å². The molecule has 4 nitrogen and oxygen atoms in total. The lowest BCUT2D eigenvalue weighted by Gasteiger charge is -2.09. The average Bonchev–Trinajstić information content (AvgIpc) is 2.77. The van der Waals surface area contributed by atoms with Crippen LogP contribution in [0.25, 0.3) is 11.3 Å². The molecule has 0 saturated heterocycles. The number of hydrogen-bond acceptors (Lipinski definition) is 4. The largest absolute Gasteiger partial charge is 0.491 e. The highest BCUT2D eigenvalue weighted by Gasteiger charge is 2.09. The Labute approximate surface area is 100 Å². The predicted octanol–water partition coefficient (Wildman–Crippen LogP) is 2.59. The zero-order valence-electron chi connectivity index (χ0n) is 10.0. The number of aromatic nitrogens is 1. The normalized spacial score (nSPS) is 10.8. The van der Waals surface area contributed by atoms with Gasteiger partial charge < -0.3 is 15.0 Å². The molecule has 1 heterocycles. The van der Waals surface area contributed by atoms with E-state index in [9.17, 15) is 0 Å². The Kier molecular flexibility index (Phi) is 3.44. The standard InChI is InChI=1S/C13H16N2O2/c1-9(2)16-12-5-3-10(4-6-12)13-11(7-14)8-15-17-13/h3-6,8-9H,7,14H2,1-2H3. The van der Waals surface area contributed by atoms with Crippen LogP contribution in [0.3, 0.4) is 0 Å². The summed E-state index contributed by atoms with van der Waals surface area (Å²) in [6.45, 7) is 4.41. The lowest BCUT2D eigenvalue weighted by atomic mass is 10.1. The molecule has 2 rings (SSSR count). The van der Waals surface area contributed by atoms with E-state index < -0.39 is 0 Å². The van der Waals surface area contributed by atoms with Crippen LogP contribution in [0.15, 0.2) is 35.0 Å². The zero-order chi connectivity index (χ0) is 12.3. The molecule has 90 valence electrons. The summed E-state index contributed by atoms with van der Waals surface area (Å²) in [4.78, 5) is 0. The first-order chi connectivity index (χ1) is 8.20. The third-order valence-electron chi connectivity index (χ3n) is 2.35. The first-order valence-electron chi connectivity index (χ1n) is 5.61. The molecule has 0 aliphatic heterocycles. The van der Waals surface area contributed by atoms with E-state index in [1.807, 2.05) is 38.1 Å². The third kappa shape index (κ3) is 2.65. The van der Waals surface area contributed by atoms with Crippen LogP contribution in [0.5, 0.6) is 5.75 Å². The number of nitrogens with zero attached hydrogens (tertiary/aromatic N) is 1. The summed E-state index contributed by atoms with van der Waals surface area (Å²) in [5, 5.41) is 3.75. The van der Waals surface area contributed by atoms with Gasteiger partial charge in [0.1, 0.15) is 5.75 Å². The van der Waals surface area contributed by atoms with Crippen LogP contribution >= 0.6 is 0 Å². The second-order valence-corrected chi connectivity index (χ2v) is 4.08. The van der Waals surface area contributed by atoms with E-state index in [1.54, 1.807) is 6.20 Å². The molecule has 0 atom stereocenters. The van der Waals surface area contributed by atoms with Crippen molar-refractivity contribution in [2.75, 3.05) is 0 Å². The van der Waals surface area contributed by atoms with Crippen LogP contribution in [-0.2, 0) is 6.54 Å². The Morgan fingerprint density at radius 3 is 2.59 bits per heavy atom. The average molecular weight is 232 g/mol. The van der Waals surface area contributed by atoms with Gasteiger partial charge in [-0.2, -0.15) is 0 Å². The molecule has 0 unspecified atom stereocenters. The van der Waals surface area contributed by atoms with Gasteiger partial charge in [0.2, 0.25) is 0 Å². The minimum atomic E-state index is 0.172. The molecule has 0 fully saturated rings. The molecule has 2 aromatic rings. The van der Waals surface area contributed by atoms with Crippen LogP contribution in [-0.4, -0.2) is 11.3 Å². The topological polar surface area (TPSA) is 61.3 Å². The van der Waals surface area contributed by atoms with E-state index in [0.29, 0.717) is 6.54 Å². The molecule has 0 aliphatic carbocycles. The summed E-state index contributed by atoms with van der Waals surface area (Å²) in [6, 6.07) is 7.71. The highest BCUT2D eigenvalue weighted by Crippen LogP contribution is 2.25. The van der Waals surface area contributed by atoms with Crippen LogP contribution in [0.4, 0.5) is 0 Å². The monoisotopic (exact) mass is 232 g/mol. The molecule has 0 radical (unpaired) electrons. The van der Waals surface area contributed by atoms with Gasteiger partial charge in [-0.1, -0.05) is 5.16 Å². The van der Waals surface area contributed by atoms with Gasteiger partial charge in [-0.05, 0) is 38.1 Å². The summed E-state index contributed by atoms with van der Waals surface area (Å²) in [7, 11) is 0. The Morgan fingerprint density at radius 1 is 1.29 bits per heavy atom. The van der Waals surface area contributed by atoms with Crippen molar-refractivity contribution >= 4 is 0 Å². The van der Waals surface area contributed by atoms with Crippen molar-refractivity contribution in [3.63, 3.8) is 0 Å². The van der Waals surface area contributed by atoms with Crippen LogP contribution in [0.1, 0.15) is 19.4 Å². The molecule has 0 bridgehead atoms. The quantitative estimate of drug-likeness (QED) is 0.880. The molecule has 2 N–H and O–H groups in total. The van der Waals surface area contributed by atoms with Crippen molar-refractivity contribution in [1.82, 2.24) is 5.16 Å². The summed E-state index contributed by atoms with van der Waals surface area (Å²) >= 11 is 0. The zero-order valence-corrected chi connectivity index (χ0v) is 10.0. The van der Waals surface area contributed by atoms with Gasteiger partial charge in [-0.15, -0.1) is 0 Å². The van der Waals surface area contributed by atoms with Crippen molar-refractivity contribution < 1.29 is 9.26 Å². The van der Waals surface area contributed by atoms with Gasteiger partial charge in [-0.3, -0.25) is 0 Å². The van der Waals surface area contributed by atoms with E-state index in [4.69, 9.17) is 15.0 Å². The smallest absolute Gasteiger partial charge is 0.171 e. The van der Waals surface area contributed by atoms with Crippen molar-refractivity contribution in [1.29, 1.82) is 0 Å². The fraction of sp³-hybridized carbons (Fsp3) is 0.308. The van der Waals surface area contributed by atoms with Crippen molar-refractivity contribution in [2.45, 2.75) is 26.5 Å². The maximum absolute atomic E-state index is 5.60. The highest BCUT2D eigenvalue weighted by atomic mass is 16.5. The number of hydrogen-bond donors (Lipinski definition) is 1. The first kappa shape index (κ1) is 11.7. The number of benzene rings is 1. The number of nitrogens with two attached hydrogens (primary N) is 1. The Morgan fingerprint density at radius 2 is 2.00 bits per heavy atom. The van der Waals surface area contributed by atoms with E-state index in [0.717, 1.165) is 22.6 Å². The van der Waals surface area contributed by atoms with E-state index in [2.05, 4.69) is 5.16 Å². The van der Waals surface area contributed by atoms with Crippen LogP contribution in [0, 0.1) is 0 Å². The van der Waals surface area contributed by atoms with E-state index >= 15 is 0 Å². The van der Waals surface area contributed by atoms with Gasteiger partial charge in [0, 0.05) is 17.7 Å². The van der Waals surface area contributed by atoms with Crippen molar-refractivity contribution in [3.05, 3.63) is 36.0 Å². The number of ether oxygens (including phenoxy) is 1. The summed E-state index contributed by atoms with van der Waals surface area (Å²) in [5.41, 5.74) is 7.47. The molecular weight excluding hydrogens is 216 g/mol. The highest BCUT2D eigenvalue weighted by molar-refractivity contribution is 5.61. The minimum Gasteiger partial charge on any atom is -0.491 e. The minimum absolute atomic E-state index is 0.172. The summed E-state index contributed by atoms with van der Waals surface area (Å²) < 4.78 is 10.8. The van der Waals surface area contributed by atoms with Crippen LogP contribution < -0.4 is 10.5 Å². The van der Waals surface area contributed by atoms with Gasteiger partial charge >= 0.3 is 0 Å². The Balaban J connectivity index is 2.23. The lowest BCUT2D eigenvalue weighted by Crippen LogP contribution is -2.05. The van der Waals surface area contributed by atoms with Gasteiger partial charge in [-0.25, -0.2) is 0 Å². The maximum atomic E-state index is 5.60. The molecule has 17 heavy (non-hydrogen) atoms. The van der Waals surface area contributed by atoms with Crippen molar-refractivity contribution in [3.8, 4) is 17.1 Å². The van der Waals surface area contributed by atoms with E-state index in [1.165, 1.54) is 0 Å². The van der Waals surface area contributed by atoms with Gasteiger partial charge in [0.15, 0.2) is 5.76 Å². The molecule has 0 spiro atoms. The first-order valence-corrected chi connectivity index (χ1v) is 5.61. The van der Waals surface area contributed by atoms with E-state index in [-0.39, 0.29) is 6.10 Å². The maximum Gasteiger partial charge on any atom is 0.171 e. The molecule has 4 heteroatoms. The van der Waals surface area contributed by atoms with Gasteiger partial charge in [0.05, 0.1) is 12.3 Å². The Hall–Kier alpha value is -1.81. The molecule has 1 aromatic heterocycles. The Bertz CT molecular complexity index is 474. The predicted molar refractivity (Wildman–Crippen MR) is 65.6 cm³/mol. The fourth-order valence-corrected chi connectivity index (χ4v) is 1.60. The molecule has 0 amide bonds. The third-order valence-corrected chi connectivity index (χ3v) is 2.35.